The van der Waals surface area contributed by atoms with E-state index in [0.717, 1.165) is 6.08 Å². The van der Waals surface area contributed by atoms with Crippen LogP contribution in [-0.2, 0) is 38.1 Å². The molecule has 46 heavy (non-hydrogen) atoms. The van der Waals surface area contributed by atoms with E-state index in [-0.39, 0.29) is 48.0 Å². The Morgan fingerprint density at radius 2 is 1.83 bits per heavy atom. The molecule has 6 N–H and O–H groups in total. The molecule has 252 valence electrons. The predicted molar refractivity (Wildman–Crippen MR) is 171 cm³/mol. The summed E-state index contributed by atoms with van der Waals surface area (Å²) in [7, 11) is 2.89. The standard InChI is InChI=1S/C33H46N4O9/c1-8-12-36-28-22-13-18(2)14-26(44-7)31(45-27(39)17-34)21(5)15-20(4)30(46-33(35)42)25(43-6)11-9-10-19(3)32(41)37-23(29(22)40)16-24(28)38/h8-11,15-16,18,21,25-26,30-31,36H,1,12-14,17,34H2,2-7H3,(H2,35,42)(H,37,41)/b11-9-,19-10+,20-15+/t18-,21+,25-,26+,30+,31-/m1/s1. The number of carbonyl (C=O) groups excluding carboxylic acids is 5. The van der Waals surface area contributed by atoms with Crippen molar-refractivity contribution in [3.8, 4) is 0 Å². The van der Waals surface area contributed by atoms with Crippen molar-refractivity contribution in [2.75, 3.05) is 27.3 Å². The fourth-order valence-electron chi connectivity index (χ4n) is 5.32. The molecule has 1 heterocycles. The second-order valence-electron chi connectivity index (χ2n) is 11.3. The van der Waals surface area contributed by atoms with Crippen molar-refractivity contribution in [3.05, 3.63) is 71.1 Å². The second-order valence-corrected chi connectivity index (χ2v) is 11.3. The summed E-state index contributed by atoms with van der Waals surface area (Å²) in [4.78, 5) is 64.2. The zero-order valence-corrected chi connectivity index (χ0v) is 27.3. The molecule has 0 saturated heterocycles. The Hall–Kier alpha value is -4.33. The number of esters is 1. The molecule has 0 aromatic rings. The van der Waals surface area contributed by atoms with Crippen LogP contribution in [0.5, 0.6) is 0 Å². The molecule has 0 aromatic heterocycles. The minimum absolute atomic E-state index is 0.119. The average Bonchev–Trinajstić information content (AvgIpc) is 3.01. The Morgan fingerprint density at radius 3 is 2.41 bits per heavy atom. The number of nitrogens with two attached hydrogens (primary N) is 2. The normalized spacial score (nSPS) is 29.7. The molecule has 0 saturated carbocycles. The summed E-state index contributed by atoms with van der Waals surface area (Å²) in [5.41, 5.74) is 11.9. The lowest BCUT2D eigenvalue weighted by molar-refractivity contribution is -0.158. The third kappa shape index (κ3) is 10.4. The maximum Gasteiger partial charge on any atom is 0.405 e. The predicted octanol–water partition coefficient (Wildman–Crippen LogP) is 2.05. The number of ketones is 2. The fourth-order valence-corrected chi connectivity index (χ4v) is 5.32. The Morgan fingerprint density at radius 1 is 1.13 bits per heavy atom. The van der Waals surface area contributed by atoms with Crippen LogP contribution in [0.25, 0.3) is 0 Å². The molecule has 13 nitrogen and oxygen atoms in total. The van der Waals surface area contributed by atoms with Crippen LogP contribution in [0.1, 0.15) is 40.5 Å². The fraction of sp³-hybridized carbons (Fsp3) is 0.485. The summed E-state index contributed by atoms with van der Waals surface area (Å²) in [5, 5.41) is 5.52. The highest BCUT2D eigenvalue weighted by molar-refractivity contribution is 6.23. The van der Waals surface area contributed by atoms with Crippen molar-refractivity contribution in [1.82, 2.24) is 10.6 Å². The first-order valence-corrected chi connectivity index (χ1v) is 14.9. The maximum atomic E-state index is 13.7. The summed E-state index contributed by atoms with van der Waals surface area (Å²) in [6.45, 7) is 10.5. The number of fused-ring (bicyclic) bond motifs is 2. The van der Waals surface area contributed by atoms with E-state index >= 15 is 0 Å². The van der Waals surface area contributed by atoms with Gasteiger partial charge in [-0.25, -0.2) is 4.79 Å². The number of amides is 2. The topological polar surface area (TPSA) is 198 Å². The van der Waals surface area contributed by atoms with E-state index in [0.29, 0.717) is 12.0 Å². The first kappa shape index (κ1) is 37.9. The number of primary amides is 1. The summed E-state index contributed by atoms with van der Waals surface area (Å²) < 4.78 is 22.6. The molecule has 2 rings (SSSR count). The SMILES string of the molecule is C=CCNC1=C2C[C@@H](C)C[C@H](OC)[C@H](OC(=O)CN)[C@@H](C)/C=C(\C)[C@H](OC(N)=O)[C@H](OC)/C=C\C=C(/C)C(=O)NC(=CC1=O)C2=O. The van der Waals surface area contributed by atoms with E-state index in [4.69, 9.17) is 30.4 Å². The van der Waals surface area contributed by atoms with Crippen LogP contribution >= 0.6 is 0 Å². The highest BCUT2D eigenvalue weighted by Crippen LogP contribution is 2.30. The quantitative estimate of drug-likeness (QED) is 0.172. The summed E-state index contributed by atoms with van der Waals surface area (Å²) in [6.07, 6.45) is 5.07. The van der Waals surface area contributed by atoms with Gasteiger partial charge in [-0.2, -0.15) is 0 Å². The first-order chi connectivity index (χ1) is 21.8. The number of methoxy groups -OCH3 is 2. The van der Waals surface area contributed by atoms with Gasteiger partial charge in [-0.15, -0.1) is 6.58 Å². The zero-order chi connectivity index (χ0) is 34.6. The van der Waals surface area contributed by atoms with Crippen LogP contribution in [0.3, 0.4) is 0 Å². The van der Waals surface area contributed by atoms with Gasteiger partial charge >= 0.3 is 12.1 Å². The van der Waals surface area contributed by atoms with Crippen molar-refractivity contribution in [3.63, 3.8) is 0 Å². The van der Waals surface area contributed by atoms with E-state index in [2.05, 4.69) is 17.2 Å². The van der Waals surface area contributed by atoms with E-state index in [1.54, 1.807) is 32.1 Å². The average molecular weight is 643 g/mol. The number of allylic oxidation sites excluding steroid dienone is 4. The van der Waals surface area contributed by atoms with Crippen molar-refractivity contribution >= 4 is 29.5 Å². The van der Waals surface area contributed by atoms with E-state index in [1.165, 1.54) is 33.3 Å². The molecule has 0 spiro atoms. The second kappa shape index (κ2) is 18.0. The van der Waals surface area contributed by atoms with Crippen LogP contribution in [0, 0.1) is 11.8 Å². The largest absolute Gasteiger partial charge is 0.458 e. The monoisotopic (exact) mass is 642 g/mol. The van der Waals surface area contributed by atoms with Gasteiger partial charge in [0, 0.05) is 43.9 Å². The number of Topliss-reactive ketones (excluding diaryl/α,β-unsaturated/α-hetero) is 1. The molecule has 2 aliphatic rings. The molecule has 6 atom stereocenters. The Bertz CT molecular complexity index is 1340. The number of hydrogen-bond donors (Lipinski definition) is 4. The number of rotatable bonds is 8. The van der Waals surface area contributed by atoms with Crippen molar-refractivity contribution < 1.29 is 42.9 Å². The lowest BCUT2D eigenvalue weighted by atomic mass is 9.85. The van der Waals surface area contributed by atoms with Crippen LogP contribution in [0.4, 0.5) is 4.79 Å². The van der Waals surface area contributed by atoms with Gasteiger partial charge in [-0.05, 0) is 38.2 Å². The van der Waals surface area contributed by atoms with E-state index < -0.39 is 59.9 Å². The first-order valence-electron chi connectivity index (χ1n) is 14.9. The molecule has 0 unspecified atom stereocenters. The van der Waals surface area contributed by atoms with Gasteiger partial charge in [0.2, 0.25) is 11.6 Å². The highest BCUT2D eigenvalue weighted by atomic mass is 16.6. The summed E-state index contributed by atoms with van der Waals surface area (Å²) in [5.74, 6) is -3.00. The summed E-state index contributed by atoms with van der Waals surface area (Å²) >= 11 is 0. The lowest BCUT2D eigenvalue weighted by Gasteiger charge is -2.32. The number of ether oxygens (including phenoxy) is 4. The number of nitrogens with one attached hydrogen (secondary N) is 2. The third-order valence-electron chi connectivity index (χ3n) is 7.62. The molecule has 1 aliphatic carbocycles. The lowest BCUT2D eigenvalue weighted by Crippen LogP contribution is -2.41. The Labute approximate surface area is 269 Å². The zero-order valence-electron chi connectivity index (χ0n) is 27.3. The smallest absolute Gasteiger partial charge is 0.405 e. The minimum atomic E-state index is -1.03. The van der Waals surface area contributed by atoms with Crippen LogP contribution in [-0.4, -0.2) is 81.3 Å². The molecule has 13 heteroatoms. The molecule has 2 bridgehead atoms. The molecule has 1 aliphatic heterocycles. The number of carbonyl (C=O) groups is 5. The van der Waals surface area contributed by atoms with Gasteiger partial charge in [-0.3, -0.25) is 19.2 Å². The van der Waals surface area contributed by atoms with Crippen LogP contribution in [0.2, 0.25) is 0 Å². The van der Waals surface area contributed by atoms with Gasteiger partial charge in [0.05, 0.1) is 24.0 Å². The van der Waals surface area contributed by atoms with Gasteiger partial charge in [0.1, 0.15) is 12.2 Å². The van der Waals surface area contributed by atoms with Gasteiger partial charge in [-0.1, -0.05) is 44.2 Å². The number of hydrogen-bond acceptors (Lipinski definition) is 11. The van der Waals surface area contributed by atoms with Crippen molar-refractivity contribution in [1.29, 1.82) is 0 Å². The van der Waals surface area contributed by atoms with Crippen molar-refractivity contribution in [2.45, 2.75) is 65.0 Å². The highest BCUT2D eigenvalue weighted by Gasteiger charge is 2.35. The Kier molecular flexibility index (Phi) is 14.8. The van der Waals surface area contributed by atoms with Crippen molar-refractivity contribution in [2.24, 2.45) is 23.3 Å². The molecular weight excluding hydrogens is 596 g/mol. The van der Waals surface area contributed by atoms with Gasteiger partial charge in [0.15, 0.2) is 6.10 Å². The summed E-state index contributed by atoms with van der Waals surface area (Å²) in [6, 6.07) is 0. The molecule has 0 fully saturated rings. The molecule has 0 aromatic carbocycles. The third-order valence-corrected chi connectivity index (χ3v) is 7.62. The van der Waals surface area contributed by atoms with Crippen LogP contribution in [0.15, 0.2) is 71.1 Å². The van der Waals surface area contributed by atoms with Gasteiger partial charge in [0.25, 0.3) is 5.91 Å². The molecule has 2 amide bonds. The molecule has 0 radical (unpaired) electrons. The van der Waals surface area contributed by atoms with Gasteiger partial charge < -0.3 is 41.0 Å². The van der Waals surface area contributed by atoms with E-state index in [9.17, 15) is 24.0 Å². The Balaban J connectivity index is 2.73. The van der Waals surface area contributed by atoms with Crippen LogP contribution < -0.4 is 22.1 Å². The maximum absolute atomic E-state index is 13.7. The van der Waals surface area contributed by atoms with E-state index in [1.807, 2.05) is 6.92 Å². The molecular formula is C33H46N4O9. The minimum Gasteiger partial charge on any atom is -0.458 e.